The fourth-order valence-electron chi connectivity index (χ4n) is 1.92. The van der Waals surface area contributed by atoms with Crippen molar-refractivity contribution in [3.8, 4) is 0 Å². The summed E-state index contributed by atoms with van der Waals surface area (Å²) in [4.78, 5) is 14.9. The highest BCUT2D eigenvalue weighted by Crippen LogP contribution is 2.56. The normalized spacial score (nSPS) is 19.4. The van der Waals surface area contributed by atoms with Gasteiger partial charge in [-0.05, 0) is 40.8 Å². The Morgan fingerprint density at radius 1 is 0.917 bits per heavy atom. The van der Waals surface area contributed by atoms with Crippen LogP contribution < -0.4 is 4.89 Å². The van der Waals surface area contributed by atoms with Gasteiger partial charge >= 0.3 is 14.5 Å². The molecule has 222 valence electrons. The molecule has 2 fully saturated rings. The zero-order valence-electron chi connectivity index (χ0n) is 24.1. The molecule has 2 saturated heterocycles. The minimum atomic E-state index is -3.51. The standard InChI is InChI=1S/C6H16NO3P.C6H15N.C3H9N.C3H7O3P.C2H4ClO3P/c1-7(2,3)5-6-10-11(4,8)9;1-4-7(5-2)6-3;1-4(2)3;1-7(4)5-2-3-6-7;3-7(4)5-1-2-6-7/h5-6H2,1-4H3;4-6H2,1-3H3;1-3H3;2-3H2,1H3;1-2H2. The van der Waals surface area contributed by atoms with Crippen LogP contribution in [-0.4, -0.2) is 129 Å². The Balaban J connectivity index is -0.000000391. The highest BCUT2D eigenvalue weighted by atomic mass is 35.7. The molecule has 36 heavy (non-hydrogen) atoms. The summed E-state index contributed by atoms with van der Waals surface area (Å²) in [5.74, 6) is 0. The van der Waals surface area contributed by atoms with Crippen LogP contribution in [0, 0.1) is 0 Å². The molecule has 0 aromatic heterocycles. The van der Waals surface area contributed by atoms with Crippen molar-refractivity contribution in [1.82, 2.24) is 9.80 Å². The van der Waals surface area contributed by atoms with Crippen molar-refractivity contribution in [1.29, 1.82) is 0 Å². The average molecular weight is 606 g/mol. The second-order valence-electron chi connectivity index (χ2n) is 9.11. The molecule has 0 aromatic carbocycles. The van der Waals surface area contributed by atoms with E-state index in [1.807, 2.05) is 47.2 Å². The number of hydrogen-bond donors (Lipinski definition) is 0. The second-order valence-corrected chi connectivity index (χ2v) is 15.6. The Bertz CT molecular complexity index is 616. The van der Waals surface area contributed by atoms with Crippen LogP contribution in [0.4, 0.5) is 0 Å². The van der Waals surface area contributed by atoms with Gasteiger partial charge in [0, 0.05) is 24.6 Å². The minimum absolute atomic E-state index is 0.265. The second kappa shape index (κ2) is 21.4. The Hall–Kier alpha value is 0.620. The summed E-state index contributed by atoms with van der Waals surface area (Å²) < 4.78 is 54.9. The molecule has 2 heterocycles. The number of halogens is 1. The van der Waals surface area contributed by atoms with E-state index in [0.717, 1.165) is 6.66 Å². The molecule has 0 bridgehead atoms. The molecule has 12 nitrogen and oxygen atoms in total. The molecule has 0 amide bonds. The van der Waals surface area contributed by atoms with Crippen LogP contribution >= 0.6 is 33.4 Å². The third-order valence-electron chi connectivity index (χ3n) is 3.74. The average Bonchev–Trinajstić information content (AvgIpc) is 3.28. The van der Waals surface area contributed by atoms with Gasteiger partial charge in [-0.3, -0.25) is 13.6 Å². The number of nitrogens with zero attached hydrogens (tertiary/aromatic N) is 3. The number of rotatable bonds is 7. The first-order valence-electron chi connectivity index (χ1n) is 11.7. The van der Waals surface area contributed by atoms with E-state index < -0.39 is 22.1 Å². The van der Waals surface area contributed by atoms with Gasteiger partial charge in [0.15, 0.2) is 0 Å². The Kier molecular flexibility index (Phi) is 24.5. The van der Waals surface area contributed by atoms with E-state index in [1.54, 1.807) is 0 Å². The maximum atomic E-state index is 10.6. The van der Waals surface area contributed by atoms with E-state index in [0.29, 0.717) is 37.5 Å². The van der Waals surface area contributed by atoms with Crippen LogP contribution in [0.25, 0.3) is 0 Å². The van der Waals surface area contributed by atoms with E-state index in [9.17, 15) is 18.6 Å². The molecule has 1 unspecified atom stereocenters. The van der Waals surface area contributed by atoms with Crippen molar-refractivity contribution in [2.75, 3.05) is 115 Å². The first-order chi connectivity index (χ1) is 16.2. The summed E-state index contributed by atoms with van der Waals surface area (Å²) in [6.07, 6.45) is 0. The molecule has 0 N–H and O–H groups in total. The minimum Gasteiger partial charge on any atom is -0.779 e. The quantitative estimate of drug-likeness (QED) is 0.312. The smallest absolute Gasteiger partial charge is 0.424 e. The van der Waals surface area contributed by atoms with Gasteiger partial charge in [0.2, 0.25) is 0 Å². The van der Waals surface area contributed by atoms with Gasteiger partial charge in [0.05, 0.1) is 47.6 Å². The summed E-state index contributed by atoms with van der Waals surface area (Å²) >= 11 is 5.08. The van der Waals surface area contributed by atoms with Gasteiger partial charge in [0.1, 0.15) is 20.7 Å². The third kappa shape index (κ3) is 36.8. The molecule has 2 rings (SSSR count). The Morgan fingerprint density at radius 2 is 1.25 bits per heavy atom. The van der Waals surface area contributed by atoms with Crippen LogP contribution in [0.15, 0.2) is 0 Å². The lowest BCUT2D eigenvalue weighted by Gasteiger charge is -2.25. The lowest BCUT2D eigenvalue weighted by Crippen LogP contribution is -2.37. The maximum absolute atomic E-state index is 10.6. The predicted molar refractivity (Wildman–Crippen MR) is 146 cm³/mol. The largest absolute Gasteiger partial charge is 0.779 e. The maximum Gasteiger partial charge on any atom is 0.424 e. The van der Waals surface area contributed by atoms with Crippen LogP contribution in [0.2, 0.25) is 0 Å². The summed E-state index contributed by atoms with van der Waals surface area (Å²) in [5.41, 5.74) is 0. The van der Waals surface area contributed by atoms with E-state index in [1.165, 1.54) is 26.3 Å². The van der Waals surface area contributed by atoms with E-state index >= 15 is 0 Å². The lowest BCUT2D eigenvalue weighted by atomic mass is 10.5. The van der Waals surface area contributed by atoms with E-state index in [2.05, 4.69) is 48.3 Å². The first kappa shape index (κ1) is 41.1. The number of likely N-dealkylation sites (N-methyl/N-ethyl adjacent to an activating group) is 1. The predicted octanol–water partition coefficient (Wildman–Crippen LogP) is 3.65. The molecule has 2 aliphatic rings. The van der Waals surface area contributed by atoms with Crippen LogP contribution in [0.5, 0.6) is 0 Å². The number of quaternary nitrogens is 1. The third-order valence-corrected chi connectivity index (χ3v) is 7.26. The summed E-state index contributed by atoms with van der Waals surface area (Å²) in [7, 11) is 5.89. The summed E-state index contributed by atoms with van der Waals surface area (Å²) in [5, 5.41) is 0. The van der Waals surface area contributed by atoms with Gasteiger partial charge in [-0.25, -0.2) is 4.57 Å². The van der Waals surface area contributed by atoms with Crippen molar-refractivity contribution < 1.29 is 45.7 Å². The molecule has 16 heteroatoms. The Labute approximate surface area is 224 Å². The highest BCUT2D eigenvalue weighted by molar-refractivity contribution is 7.81. The van der Waals surface area contributed by atoms with Crippen LogP contribution in [0.3, 0.4) is 0 Å². The van der Waals surface area contributed by atoms with Crippen molar-refractivity contribution in [2.24, 2.45) is 0 Å². The SMILES string of the molecule is CCN(CC)CC.CN(C)C.CP1(=O)OCCO1.C[N+](C)(C)CCOP(C)(=O)[O-].O=P1(Cl)OCCO1. The molecular weight excluding hydrogens is 555 g/mol. The van der Waals surface area contributed by atoms with Crippen molar-refractivity contribution >= 4 is 33.4 Å². The highest BCUT2D eigenvalue weighted by Gasteiger charge is 2.26. The summed E-state index contributed by atoms with van der Waals surface area (Å²) in [6, 6.07) is 0. The van der Waals surface area contributed by atoms with Gasteiger partial charge < -0.3 is 37.3 Å². The zero-order chi connectivity index (χ0) is 29.1. The van der Waals surface area contributed by atoms with Gasteiger partial charge in [-0.15, -0.1) is 0 Å². The molecule has 0 spiro atoms. The van der Waals surface area contributed by atoms with E-state index in [-0.39, 0.29) is 6.61 Å². The zero-order valence-corrected chi connectivity index (χ0v) is 27.5. The molecule has 2 aliphatic heterocycles. The molecule has 0 radical (unpaired) electrons. The van der Waals surface area contributed by atoms with Crippen molar-refractivity contribution in [2.45, 2.75) is 20.8 Å². The van der Waals surface area contributed by atoms with Gasteiger partial charge in [-0.1, -0.05) is 20.8 Å². The molecule has 0 aromatic rings. The topological polar surface area (TPSA) is 127 Å². The van der Waals surface area contributed by atoms with Crippen LogP contribution in [-0.2, 0) is 36.3 Å². The summed E-state index contributed by atoms with van der Waals surface area (Å²) in [6.45, 7) is 12.2. The van der Waals surface area contributed by atoms with Gasteiger partial charge in [0.25, 0.3) is 0 Å². The van der Waals surface area contributed by atoms with Gasteiger partial charge in [-0.2, -0.15) is 0 Å². The fraction of sp³-hybridized carbons (Fsp3) is 1.00. The van der Waals surface area contributed by atoms with Crippen molar-refractivity contribution in [3.05, 3.63) is 0 Å². The fourth-order valence-corrected chi connectivity index (χ4v) is 4.30. The molecule has 0 saturated carbocycles. The molecule has 1 atom stereocenters. The lowest BCUT2D eigenvalue weighted by molar-refractivity contribution is -0.870. The molecule has 0 aliphatic carbocycles. The Morgan fingerprint density at radius 3 is 1.39 bits per heavy atom. The van der Waals surface area contributed by atoms with Crippen LogP contribution in [0.1, 0.15) is 20.8 Å². The molecular formula is C20H51ClN3O9P3. The number of hydrogen-bond acceptors (Lipinski definition) is 11. The van der Waals surface area contributed by atoms with E-state index in [4.69, 9.17) is 11.2 Å². The van der Waals surface area contributed by atoms with Crippen molar-refractivity contribution in [3.63, 3.8) is 0 Å². The monoisotopic (exact) mass is 605 g/mol. The first-order valence-corrected chi connectivity index (χ1v) is 18.1.